The van der Waals surface area contributed by atoms with Crippen LogP contribution < -0.4 is 5.32 Å². The molecule has 27 heavy (non-hydrogen) atoms. The Kier molecular flexibility index (Phi) is 5.00. The van der Waals surface area contributed by atoms with E-state index in [1.165, 1.54) is 10.7 Å². The van der Waals surface area contributed by atoms with Gasteiger partial charge >= 0.3 is 0 Å². The van der Waals surface area contributed by atoms with Gasteiger partial charge < -0.3 is 5.32 Å². The van der Waals surface area contributed by atoms with E-state index in [0.717, 1.165) is 60.1 Å². The molecule has 2 heterocycles. The largest absolute Gasteiger partial charge is 0.348 e. The number of hydrazine groups is 1. The molecule has 1 saturated carbocycles. The molecule has 0 radical (unpaired) electrons. The molecule has 1 aromatic carbocycles. The first kappa shape index (κ1) is 18.2. The van der Waals surface area contributed by atoms with Crippen LogP contribution in [0.15, 0.2) is 30.4 Å². The highest BCUT2D eigenvalue weighted by molar-refractivity contribution is 5.98. The Balaban J connectivity index is 1.33. The van der Waals surface area contributed by atoms with Crippen LogP contribution in [0.1, 0.15) is 60.5 Å². The predicted octanol–water partition coefficient (Wildman–Crippen LogP) is 3.31. The lowest BCUT2D eigenvalue weighted by molar-refractivity contribution is -0.798. The van der Waals surface area contributed by atoms with Gasteiger partial charge in [-0.1, -0.05) is 18.7 Å². The van der Waals surface area contributed by atoms with E-state index in [9.17, 15) is 9.70 Å². The standard InChI is InChI=1S/C21H27N3O3/c1-14(2)20-9-10-27-24(20)23(26)18-7-4-15(5-8-18)11-16-3-6-17-13-22-21(25)19(17)12-16/h3,6,12,15,18,20H,1,4-5,7-11,13H2,2H3/p+1. The molecule has 1 aliphatic carbocycles. The molecule has 1 atom stereocenters. The molecule has 1 saturated heterocycles. The Morgan fingerprint density at radius 3 is 2.81 bits per heavy atom. The number of benzene rings is 1. The van der Waals surface area contributed by atoms with Crippen LogP contribution in [-0.4, -0.2) is 34.6 Å². The molecule has 2 aliphatic heterocycles. The Labute approximate surface area is 160 Å². The fraction of sp³-hybridized carbons (Fsp3) is 0.571. The third-order valence-corrected chi connectivity index (χ3v) is 6.16. The molecule has 1 unspecified atom stereocenters. The molecule has 1 N–H and O–H groups in total. The number of hydrogen-bond acceptors (Lipinski definition) is 3. The van der Waals surface area contributed by atoms with E-state index in [0.29, 0.717) is 19.1 Å². The summed E-state index contributed by atoms with van der Waals surface area (Å²) < 4.78 is 0. The number of carbonyl (C=O) groups is 1. The number of hydroxylamine groups is 1. The highest BCUT2D eigenvalue weighted by Crippen LogP contribution is 2.32. The van der Waals surface area contributed by atoms with Crippen molar-refractivity contribution in [2.75, 3.05) is 6.61 Å². The van der Waals surface area contributed by atoms with Crippen molar-refractivity contribution >= 4 is 5.91 Å². The topological polar surface area (TPSA) is 61.6 Å². The van der Waals surface area contributed by atoms with Crippen molar-refractivity contribution in [1.82, 2.24) is 10.5 Å². The Hall–Kier alpha value is -2.21. The molecular weight excluding hydrogens is 342 g/mol. The molecular formula is C21H28N3O3+. The Bertz CT molecular complexity index is 768. The number of amides is 1. The van der Waals surface area contributed by atoms with Gasteiger partial charge in [-0.05, 0) is 54.9 Å². The SMILES string of the molecule is C=C(C)C1CCON1[N+](=O)C1CCC(Cc2ccc3c(c2)C(=O)NC3)CC1. The fourth-order valence-electron chi connectivity index (χ4n) is 4.54. The summed E-state index contributed by atoms with van der Waals surface area (Å²) in [4.78, 5) is 31.3. The number of hydrogen-bond donors (Lipinski definition) is 1. The first-order chi connectivity index (χ1) is 13.0. The summed E-state index contributed by atoms with van der Waals surface area (Å²) in [5.74, 6) is 0.601. The van der Waals surface area contributed by atoms with Gasteiger partial charge in [-0.15, -0.1) is 0 Å². The van der Waals surface area contributed by atoms with Crippen LogP contribution in [0.5, 0.6) is 0 Å². The molecule has 6 heteroatoms. The summed E-state index contributed by atoms with van der Waals surface area (Å²) in [7, 11) is 0. The van der Waals surface area contributed by atoms with Crippen molar-refractivity contribution in [2.24, 2.45) is 5.92 Å². The lowest BCUT2D eigenvalue weighted by atomic mass is 9.82. The van der Waals surface area contributed by atoms with Crippen LogP contribution >= 0.6 is 0 Å². The third-order valence-electron chi connectivity index (χ3n) is 6.16. The maximum atomic E-state index is 12.8. The van der Waals surface area contributed by atoms with E-state index in [1.54, 1.807) is 0 Å². The Morgan fingerprint density at radius 2 is 2.07 bits per heavy atom. The molecule has 0 spiro atoms. The van der Waals surface area contributed by atoms with Crippen molar-refractivity contribution in [3.8, 4) is 0 Å². The Morgan fingerprint density at radius 1 is 1.30 bits per heavy atom. The van der Waals surface area contributed by atoms with Crippen molar-refractivity contribution < 1.29 is 14.5 Å². The lowest BCUT2D eigenvalue weighted by Gasteiger charge is -2.26. The van der Waals surface area contributed by atoms with Crippen LogP contribution in [0.2, 0.25) is 0 Å². The average molecular weight is 370 g/mol. The van der Waals surface area contributed by atoms with Gasteiger partial charge in [-0.2, -0.15) is 0 Å². The number of nitroso groups, excluding NO2 is 1. The highest BCUT2D eigenvalue weighted by atomic mass is 16.7. The zero-order valence-corrected chi connectivity index (χ0v) is 15.9. The molecule has 4 rings (SSSR count). The van der Waals surface area contributed by atoms with E-state index in [1.807, 2.05) is 13.0 Å². The molecule has 1 aromatic rings. The number of fused-ring (bicyclic) bond motifs is 1. The van der Waals surface area contributed by atoms with E-state index in [2.05, 4.69) is 24.0 Å². The minimum absolute atomic E-state index is 0.00205. The van der Waals surface area contributed by atoms with Crippen LogP contribution in [0.3, 0.4) is 0 Å². The normalized spacial score (nSPS) is 27.4. The van der Waals surface area contributed by atoms with Gasteiger partial charge in [0.2, 0.25) is 6.04 Å². The predicted molar refractivity (Wildman–Crippen MR) is 102 cm³/mol. The summed E-state index contributed by atoms with van der Waals surface area (Å²) in [5, 5.41) is 4.38. The smallest absolute Gasteiger partial charge is 0.251 e. The van der Waals surface area contributed by atoms with Crippen molar-refractivity contribution in [1.29, 1.82) is 0 Å². The molecule has 0 bridgehead atoms. The summed E-state index contributed by atoms with van der Waals surface area (Å²) in [5.41, 5.74) is 4.11. The van der Waals surface area contributed by atoms with Crippen LogP contribution in [0, 0.1) is 10.8 Å². The molecule has 2 fully saturated rings. The van der Waals surface area contributed by atoms with Crippen LogP contribution in [0.25, 0.3) is 0 Å². The summed E-state index contributed by atoms with van der Waals surface area (Å²) in [6, 6.07) is 6.22. The quantitative estimate of drug-likeness (QED) is 0.638. The summed E-state index contributed by atoms with van der Waals surface area (Å²) >= 11 is 0. The summed E-state index contributed by atoms with van der Waals surface area (Å²) in [6.45, 7) is 7.16. The number of rotatable bonds is 5. The lowest BCUT2D eigenvalue weighted by Crippen LogP contribution is -2.44. The third kappa shape index (κ3) is 3.63. The first-order valence-corrected chi connectivity index (χ1v) is 9.96. The van der Waals surface area contributed by atoms with Gasteiger partial charge in [-0.25, -0.2) is 4.84 Å². The van der Waals surface area contributed by atoms with Crippen LogP contribution in [-0.2, 0) is 17.8 Å². The van der Waals surface area contributed by atoms with E-state index in [4.69, 9.17) is 4.84 Å². The molecule has 1 amide bonds. The van der Waals surface area contributed by atoms with Crippen LogP contribution in [0.4, 0.5) is 0 Å². The minimum atomic E-state index is -0.0213. The molecule has 3 aliphatic rings. The monoisotopic (exact) mass is 370 g/mol. The van der Waals surface area contributed by atoms with Gasteiger partial charge in [0.25, 0.3) is 5.91 Å². The van der Waals surface area contributed by atoms with E-state index >= 15 is 0 Å². The second-order valence-corrected chi connectivity index (χ2v) is 8.14. The highest BCUT2D eigenvalue weighted by Gasteiger charge is 2.43. The van der Waals surface area contributed by atoms with Gasteiger partial charge in [0.1, 0.15) is 10.9 Å². The van der Waals surface area contributed by atoms with Crippen molar-refractivity contribution in [3.63, 3.8) is 0 Å². The first-order valence-electron chi connectivity index (χ1n) is 9.96. The van der Waals surface area contributed by atoms with Gasteiger partial charge in [0.15, 0.2) is 0 Å². The van der Waals surface area contributed by atoms with Gasteiger partial charge in [0, 0.05) is 36.5 Å². The van der Waals surface area contributed by atoms with E-state index < -0.39 is 0 Å². The fourth-order valence-corrected chi connectivity index (χ4v) is 4.54. The zero-order chi connectivity index (χ0) is 19.0. The van der Waals surface area contributed by atoms with E-state index in [-0.39, 0.29) is 18.0 Å². The molecule has 6 nitrogen and oxygen atoms in total. The molecule has 144 valence electrons. The summed E-state index contributed by atoms with van der Waals surface area (Å²) in [6.07, 6.45) is 5.61. The molecule has 0 aromatic heterocycles. The number of nitrogens with one attached hydrogen (secondary N) is 1. The van der Waals surface area contributed by atoms with Crippen molar-refractivity contribution in [2.45, 2.75) is 64.1 Å². The zero-order valence-electron chi connectivity index (χ0n) is 15.9. The second kappa shape index (κ2) is 7.43. The number of carbonyl (C=O) groups excluding carboxylic acids is 1. The number of nitrogens with zero attached hydrogens (tertiary/aromatic N) is 2. The maximum Gasteiger partial charge on any atom is 0.251 e. The average Bonchev–Trinajstić information content (AvgIpc) is 3.29. The van der Waals surface area contributed by atoms with Gasteiger partial charge in [-0.3, -0.25) is 4.79 Å². The van der Waals surface area contributed by atoms with Crippen molar-refractivity contribution in [3.05, 3.63) is 51.9 Å². The van der Waals surface area contributed by atoms with Gasteiger partial charge in [0.05, 0.1) is 11.5 Å². The minimum Gasteiger partial charge on any atom is -0.348 e. The maximum absolute atomic E-state index is 12.8. The second-order valence-electron chi connectivity index (χ2n) is 8.14.